The zero-order valence-corrected chi connectivity index (χ0v) is 15.6. The molecule has 0 aromatic carbocycles. The average Bonchev–Trinajstić information content (AvgIpc) is 2.94. The van der Waals surface area contributed by atoms with Crippen LogP contribution < -0.4 is 0 Å². The number of hydrogen-bond acceptors (Lipinski definition) is 6. The molecule has 2 atom stereocenters. The summed E-state index contributed by atoms with van der Waals surface area (Å²) in [5.41, 5.74) is 0.273. The Labute approximate surface area is 153 Å². The van der Waals surface area contributed by atoms with E-state index in [4.69, 9.17) is 9.47 Å². The first-order valence-corrected chi connectivity index (χ1v) is 9.45. The molecule has 144 valence electrons. The van der Waals surface area contributed by atoms with Crippen LogP contribution in [-0.4, -0.2) is 83.7 Å². The predicted molar refractivity (Wildman–Crippen MR) is 95.0 cm³/mol. The standard InChI is InChI=1S/C18H28N4O4/c1-3-5-6-21-7-13-8-22(9-14(21)11-25-10-13)17(23)15-16(20-12-19-15)18(24)26-4-2/h12-14H,3-11H2,1-2H3,(H,19,20)/t13-,14+/m1/s1. The van der Waals surface area contributed by atoms with E-state index in [2.05, 4.69) is 21.8 Å². The van der Waals surface area contributed by atoms with Crippen LogP contribution in [-0.2, 0) is 9.47 Å². The van der Waals surface area contributed by atoms with Gasteiger partial charge in [-0.05, 0) is 19.9 Å². The third-order valence-electron chi connectivity index (χ3n) is 4.99. The zero-order chi connectivity index (χ0) is 18.5. The van der Waals surface area contributed by atoms with Crippen LogP contribution in [0.15, 0.2) is 6.33 Å². The van der Waals surface area contributed by atoms with Crippen LogP contribution in [0.5, 0.6) is 0 Å². The van der Waals surface area contributed by atoms with E-state index in [9.17, 15) is 9.59 Å². The molecule has 26 heavy (non-hydrogen) atoms. The lowest BCUT2D eigenvalue weighted by Crippen LogP contribution is -2.46. The Morgan fingerprint density at radius 3 is 2.92 bits per heavy atom. The van der Waals surface area contributed by atoms with Crippen molar-refractivity contribution in [2.75, 3.05) is 46.0 Å². The second kappa shape index (κ2) is 8.64. The first kappa shape index (κ1) is 18.8. The fraction of sp³-hybridized carbons (Fsp3) is 0.722. The summed E-state index contributed by atoms with van der Waals surface area (Å²) in [5, 5.41) is 0. The van der Waals surface area contributed by atoms with Gasteiger partial charge in [0.1, 0.15) is 0 Å². The number of fused-ring (bicyclic) bond motifs is 3. The van der Waals surface area contributed by atoms with Gasteiger partial charge in [0.05, 0.1) is 32.2 Å². The fourth-order valence-corrected chi connectivity index (χ4v) is 3.69. The van der Waals surface area contributed by atoms with Gasteiger partial charge in [0.25, 0.3) is 5.91 Å². The van der Waals surface area contributed by atoms with Crippen molar-refractivity contribution in [2.45, 2.75) is 32.7 Å². The maximum atomic E-state index is 13.1. The number of esters is 1. The van der Waals surface area contributed by atoms with Crippen LogP contribution in [0.1, 0.15) is 47.7 Å². The van der Waals surface area contributed by atoms with E-state index in [0.717, 1.165) is 25.9 Å². The Kier molecular flexibility index (Phi) is 6.26. The molecular weight excluding hydrogens is 336 g/mol. The summed E-state index contributed by atoms with van der Waals surface area (Å²) in [6.45, 7) is 8.65. The van der Waals surface area contributed by atoms with Crippen molar-refractivity contribution in [3.63, 3.8) is 0 Å². The number of aromatic amines is 1. The van der Waals surface area contributed by atoms with Gasteiger partial charge in [0.15, 0.2) is 11.4 Å². The lowest BCUT2D eigenvalue weighted by atomic mass is 10.1. The molecule has 0 saturated carbocycles. The zero-order valence-electron chi connectivity index (χ0n) is 15.6. The van der Waals surface area contributed by atoms with Crippen molar-refractivity contribution in [2.24, 2.45) is 5.92 Å². The largest absolute Gasteiger partial charge is 0.461 e. The molecule has 2 aliphatic heterocycles. The fourth-order valence-electron chi connectivity index (χ4n) is 3.69. The number of unbranched alkanes of at least 4 members (excludes halogenated alkanes) is 1. The second-order valence-corrected chi connectivity index (χ2v) is 6.96. The molecule has 1 N–H and O–H groups in total. The lowest BCUT2D eigenvalue weighted by molar-refractivity contribution is 0.0399. The minimum Gasteiger partial charge on any atom is -0.461 e. The molecule has 2 bridgehead atoms. The highest BCUT2D eigenvalue weighted by Crippen LogP contribution is 2.22. The van der Waals surface area contributed by atoms with E-state index >= 15 is 0 Å². The number of carbonyl (C=O) groups excluding carboxylic acids is 2. The SMILES string of the molecule is CCCCN1C[C@H]2COC[C@@H]1CN(C(=O)c1nc[nH]c1C(=O)OCC)C2. The molecule has 3 heterocycles. The molecule has 1 aromatic heterocycles. The smallest absolute Gasteiger partial charge is 0.357 e. The quantitative estimate of drug-likeness (QED) is 0.762. The average molecular weight is 364 g/mol. The van der Waals surface area contributed by atoms with Gasteiger partial charge in [-0.15, -0.1) is 0 Å². The minimum atomic E-state index is -0.545. The molecule has 8 heteroatoms. The summed E-state index contributed by atoms with van der Waals surface area (Å²) in [6.07, 6.45) is 3.66. The van der Waals surface area contributed by atoms with E-state index in [0.29, 0.717) is 26.3 Å². The van der Waals surface area contributed by atoms with Crippen molar-refractivity contribution in [1.82, 2.24) is 19.8 Å². The monoisotopic (exact) mass is 364 g/mol. The van der Waals surface area contributed by atoms with E-state index in [-0.39, 0.29) is 35.9 Å². The number of rotatable bonds is 6. The Hall–Kier alpha value is -1.93. The highest BCUT2D eigenvalue weighted by Gasteiger charge is 2.36. The van der Waals surface area contributed by atoms with Gasteiger partial charge in [0.2, 0.25) is 0 Å². The van der Waals surface area contributed by atoms with Crippen LogP contribution in [0.3, 0.4) is 0 Å². The number of nitrogens with one attached hydrogen (secondary N) is 1. The number of amides is 1. The highest BCUT2D eigenvalue weighted by molar-refractivity contribution is 6.02. The summed E-state index contributed by atoms with van der Waals surface area (Å²) in [6, 6.07) is 0.183. The molecule has 0 spiro atoms. The third-order valence-corrected chi connectivity index (χ3v) is 4.99. The Bertz CT molecular complexity index is 632. The van der Waals surface area contributed by atoms with E-state index in [1.165, 1.54) is 6.33 Å². The molecule has 2 saturated heterocycles. The van der Waals surface area contributed by atoms with Gasteiger partial charge in [-0.2, -0.15) is 0 Å². The molecule has 2 fully saturated rings. The Morgan fingerprint density at radius 2 is 2.15 bits per heavy atom. The molecule has 1 amide bonds. The van der Waals surface area contributed by atoms with Gasteiger partial charge in [-0.1, -0.05) is 13.3 Å². The number of aromatic nitrogens is 2. The van der Waals surface area contributed by atoms with Gasteiger partial charge < -0.3 is 19.4 Å². The van der Waals surface area contributed by atoms with Crippen molar-refractivity contribution in [3.8, 4) is 0 Å². The van der Waals surface area contributed by atoms with Crippen molar-refractivity contribution < 1.29 is 19.1 Å². The summed E-state index contributed by atoms with van der Waals surface area (Å²) in [4.78, 5) is 36.2. The Balaban J connectivity index is 1.77. The maximum Gasteiger partial charge on any atom is 0.357 e. The first-order chi connectivity index (χ1) is 12.6. The number of H-pyrrole nitrogens is 1. The van der Waals surface area contributed by atoms with Crippen molar-refractivity contribution in [1.29, 1.82) is 0 Å². The molecule has 0 aliphatic carbocycles. The number of nitrogens with zero attached hydrogens (tertiary/aromatic N) is 3. The van der Waals surface area contributed by atoms with Crippen LogP contribution in [0.2, 0.25) is 0 Å². The molecule has 8 nitrogen and oxygen atoms in total. The van der Waals surface area contributed by atoms with Gasteiger partial charge in [-0.3, -0.25) is 9.69 Å². The van der Waals surface area contributed by atoms with Gasteiger partial charge in [0, 0.05) is 25.6 Å². The molecule has 0 unspecified atom stereocenters. The maximum absolute atomic E-state index is 13.1. The number of ether oxygens (including phenoxy) is 2. The number of hydrogen-bond donors (Lipinski definition) is 1. The topological polar surface area (TPSA) is 87.8 Å². The second-order valence-electron chi connectivity index (χ2n) is 6.96. The molecule has 2 aliphatic rings. The van der Waals surface area contributed by atoms with Crippen LogP contribution in [0, 0.1) is 5.92 Å². The highest BCUT2D eigenvalue weighted by atomic mass is 16.5. The van der Waals surface area contributed by atoms with Gasteiger partial charge in [-0.25, -0.2) is 9.78 Å². The van der Waals surface area contributed by atoms with E-state index in [1.54, 1.807) is 6.92 Å². The van der Waals surface area contributed by atoms with Crippen LogP contribution in [0.4, 0.5) is 0 Å². The third kappa shape index (κ3) is 4.07. The molecular formula is C18H28N4O4. The van der Waals surface area contributed by atoms with Crippen LogP contribution in [0.25, 0.3) is 0 Å². The number of carbonyl (C=O) groups is 2. The normalized spacial score (nSPS) is 23.5. The number of imidazole rings is 1. The molecule has 3 rings (SSSR count). The molecule has 1 aromatic rings. The summed E-state index contributed by atoms with van der Waals surface area (Å²) < 4.78 is 10.8. The van der Waals surface area contributed by atoms with E-state index in [1.807, 2.05) is 4.90 Å². The summed E-state index contributed by atoms with van der Waals surface area (Å²) in [5.74, 6) is -0.492. The molecule has 0 radical (unpaired) electrons. The van der Waals surface area contributed by atoms with Crippen molar-refractivity contribution in [3.05, 3.63) is 17.7 Å². The Morgan fingerprint density at radius 1 is 1.31 bits per heavy atom. The lowest BCUT2D eigenvalue weighted by Gasteiger charge is -2.31. The predicted octanol–water partition coefficient (Wildman–Crippen LogP) is 1.16. The van der Waals surface area contributed by atoms with E-state index < -0.39 is 5.97 Å². The summed E-state index contributed by atoms with van der Waals surface area (Å²) >= 11 is 0. The van der Waals surface area contributed by atoms with Crippen molar-refractivity contribution >= 4 is 11.9 Å². The van der Waals surface area contributed by atoms with Crippen LogP contribution >= 0.6 is 0 Å². The van der Waals surface area contributed by atoms with Gasteiger partial charge >= 0.3 is 5.97 Å². The summed E-state index contributed by atoms with van der Waals surface area (Å²) in [7, 11) is 0. The first-order valence-electron chi connectivity index (χ1n) is 9.45. The minimum absolute atomic E-state index is 0.130.